The van der Waals surface area contributed by atoms with E-state index in [2.05, 4.69) is 5.32 Å². The molecule has 0 aromatic heterocycles. The van der Waals surface area contributed by atoms with Crippen LogP contribution < -0.4 is 5.32 Å². The molecule has 0 amide bonds. The lowest BCUT2D eigenvalue weighted by Crippen LogP contribution is -2.08. The maximum absolute atomic E-state index is 12.3. The highest BCUT2D eigenvalue weighted by Crippen LogP contribution is 2.31. The van der Waals surface area contributed by atoms with E-state index in [-0.39, 0.29) is 5.56 Å². The molecule has 0 atom stereocenters. The molecule has 2 nitrogen and oxygen atoms in total. The first-order chi connectivity index (χ1) is 6.99. The van der Waals surface area contributed by atoms with E-state index in [0.29, 0.717) is 12.2 Å². The molecule has 0 heterocycles. The third-order valence-corrected chi connectivity index (χ3v) is 1.97. The van der Waals surface area contributed by atoms with Crippen molar-refractivity contribution in [2.24, 2.45) is 0 Å². The number of benzene rings is 1. The average Bonchev–Trinajstić information content (AvgIpc) is 2.17. The number of hydrogen-bond acceptors (Lipinski definition) is 2. The fraction of sp³-hybridized carbons (Fsp3) is 0.400. The number of aliphatic hydroxyl groups is 1. The summed E-state index contributed by atoms with van der Waals surface area (Å²) >= 11 is 0. The van der Waals surface area contributed by atoms with Crippen LogP contribution in [0.15, 0.2) is 18.2 Å². The van der Waals surface area contributed by atoms with Gasteiger partial charge in [0.2, 0.25) is 0 Å². The van der Waals surface area contributed by atoms with Crippen molar-refractivity contribution < 1.29 is 18.3 Å². The summed E-state index contributed by atoms with van der Waals surface area (Å²) in [6.07, 6.45) is -4.37. The van der Waals surface area contributed by atoms with Crippen molar-refractivity contribution in [1.82, 2.24) is 0 Å². The van der Waals surface area contributed by atoms with E-state index in [4.69, 9.17) is 5.11 Å². The molecule has 0 fully saturated rings. The number of rotatable bonds is 3. The Kier molecular flexibility index (Phi) is 3.57. The van der Waals surface area contributed by atoms with Gasteiger partial charge in [-0.2, -0.15) is 13.2 Å². The smallest absolute Gasteiger partial charge is 0.392 e. The number of nitrogens with one attached hydrogen (secondary N) is 1. The second-order valence-electron chi connectivity index (χ2n) is 3.06. The second kappa shape index (κ2) is 4.53. The van der Waals surface area contributed by atoms with Crippen LogP contribution in [0.4, 0.5) is 18.9 Å². The molecule has 0 bridgehead atoms. The van der Waals surface area contributed by atoms with Crippen LogP contribution in [-0.2, 0) is 12.8 Å². The molecule has 0 saturated carbocycles. The molecular formula is C10H12F3NO. The Morgan fingerprint density at radius 2 is 2.00 bits per heavy atom. The fourth-order valence-corrected chi connectivity index (χ4v) is 1.26. The molecule has 0 spiro atoms. The van der Waals surface area contributed by atoms with E-state index in [0.717, 1.165) is 12.1 Å². The summed E-state index contributed by atoms with van der Waals surface area (Å²) in [5.41, 5.74) is 0.0490. The highest BCUT2D eigenvalue weighted by Gasteiger charge is 2.30. The number of halogens is 3. The zero-order chi connectivity index (χ0) is 11.5. The van der Waals surface area contributed by atoms with E-state index >= 15 is 0 Å². The molecule has 84 valence electrons. The van der Waals surface area contributed by atoms with Gasteiger partial charge < -0.3 is 10.4 Å². The maximum atomic E-state index is 12.3. The van der Waals surface area contributed by atoms with Gasteiger partial charge in [0.1, 0.15) is 0 Å². The van der Waals surface area contributed by atoms with Crippen molar-refractivity contribution in [1.29, 1.82) is 0 Å². The number of hydrogen-bond donors (Lipinski definition) is 2. The molecule has 0 aliphatic heterocycles. The van der Waals surface area contributed by atoms with Crippen LogP contribution in [-0.4, -0.2) is 11.7 Å². The van der Waals surface area contributed by atoms with E-state index in [1.54, 1.807) is 0 Å². The first-order valence-corrected chi connectivity index (χ1v) is 4.54. The predicted octanol–water partition coefficient (Wildman–Crippen LogP) is 2.63. The number of anilines is 1. The van der Waals surface area contributed by atoms with Crippen LogP contribution >= 0.6 is 0 Å². The zero-order valence-corrected chi connectivity index (χ0v) is 8.23. The Hall–Kier alpha value is -1.23. The SMILES string of the molecule is CCNc1ccc(C(F)(F)F)cc1CO. The average molecular weight is 219 g/mol. The van der Waals surface area contributed by atoms with Gasteiger partial charge in [0.05, 0.1) is 12.2 Å². The Morgan fingerprint density at radius 1 is 1.33 bits per heavy atom. The van der Waals surface area contributed by atoms with E-state index in [1.807, 2.05) is 6.92 Å². The Bertz CT molecular complexity index is 336. The van der Waals surface area contributed by atoms with Gasteiger partial charge in [-0.1, -0.05) is 0 Å². The molecule has 0 aliphatic rings. The first-order valence-electron chi connectivity index (χ1n) is 4.54. The van der Waals surface area contributed by atoms with Gasteiger partial charge in [0.25, 0.3) is 0 Å². The van der Waals surface area contributed by atoms with Gasteiger partial charge in [-0.3, -0.25) is 0 Å². The summed E-state index contributed by atoms with van der Waals surface area (Å²) < 4.78 is 37.0. The third kappa shape index (κ3) is 2.86. The topological polar surface area (TPSA) is 32.3 Å². The summed E-state index contributed by atoms with van der Waals surface area (Å²) in [5, 5.41) is 11.8. The van der Waals surface area contributed by atoms with Crippen molar-refractivity contribution in [3.05, 3.63) is 29.3 Å². The molecule has 0 aliphatic carbocycles. The Labute approximate surface area is 85.7 Å². The molecule has 5 heteroatoms. The van der Waals surface area contributed by atoms with Gasteiger partial charge in [-0.25, -0.2) is 0 Å². The van der Waals surface area contributed by atoms with Crippen LogP contribution in [0.25, 0.3) is 0 Å². The minimum Gasteiger partial charge on any atom is -0.392 e. The summed E-state index contributed by atoms with van der Waals surface area (Å²) in [6.45, 7) is 2.02. The van der Waals surface area contributed by atoms with Crippen LogP contribution in [0.3, 0.4) is 0 Å². The highest BCUT2D eigenvalue weighted by molar-refractivity contribution is 5.52. The van der Waals surface area contributed by atoms with Crippen LogP contribution in [0.2, 0.25) is 0 Å². The monoisotopic (exact) mass is 219 g/mol. The van der Waals surface area contributed by atoms with E-state index in [9.17, 15) is 13.2 Å². The van der Waals surface area contributed by atoms with Crippen LogP contribution in [0.1, 0.15) is 18.1 Å². The van der Waals surface area contributed by atoms with Gasteiger partial charge in [0, 0.05) is 17.8 Å². The normalized spacial score (nSPS) is 11.5. The standard InChI is InChI=1S/C10H12F3NO/c1-2-14-9-4-3-8(10(11,12)13)5-7(9)6-15/h3-5,14-15H,2,6H2,1H3. The lowest BCUT2D eigenvalue weighted by molar-refractivity contribution is -0.137. The largest absolute Gasteiger partial charge is 0.416 e. The van der Waals surface area contributed by atoms with E-state index < -0.39 is 18.3 Å². The lowest BCUT2D eigenvalue weighted by Gasteiger charge is -2.12. The minimum atomic E-state index is -4.37. The van der Waals surface area contributed by atoms with Crippen LogP contribution in [0.5, 0.6) is 0 Å². The molecular weight excluding hydrogens is 207 g/mol. The van der Waals surface area contributed by atoms with Crippen molar-refractivity contribution >= 4 is 5.69 Å². The van der Waals surface area contributed by atoms with Crippen molar-refractivity contribution in [3.8, 4) is 0 Å². The quantitative estimate of drug-likeness (QED) is 0.819. The molecule has 1 aromatic rings. The summed E-state index contributed by atoms with van der Waals surface area (Å²) in [6, 6.07) is 3.28. The first kappa shape index (κ1) is 11.8. The molecule has 15 heavy (non-hydrogen) atoms. The Balaban J connectivity index is 3.08. The molecule has 1 aromatic carbocycles. The van der Waals surface area contributed by atoms with Gasteiger partial charge in [0.15, 0.2) is 0 Å². The molecule has 2 N–H and O–H groups in total. The van der Waals surface area contributed by atoms with Crippen molar-refractivity contribution in [2.75, 3.05) is 11.9 Å². The summed E-state index contributed by atoms with van der Waals surface area (Å²) in [5.74, 6) is 0. The minimum absolute atomic E-state index is 0.256. The Morgan fingerprint density at radius 3 is 2.47 bits per heavy atom. The van der Waals surface area contributed by atoms with Crippen molar-refractivity contribution in [3.63, 3.8) is 0 Å². The van der Waals surface area contributed by atoms with Gasteiger partial charge in [-0.15, -0.1) is 0 Å². The number of aliphatic hydroxyl groups excluding tert-OH is 1. The van der Waals surface area contributed by atoms with Crippen LogP contribution in [0, 0.1) is 0 Å². The highest BCUT2D eigenvalue weighted by atomic mass is 19.4. The van der Waals surface area contributed by atoms with Gasteiger partial charge in [-0.05, 0) is 25.1 Å². The molecule has 0 radical (unpaired) electrons. The fourth-order valence-electron chi connectivity index (χ4n) is 1.26. The predicted molar refractivity (Wildman–Crippen MR) is 51.5 cm³/mol. The molecule has 1 rings (SSSR count). The third-order valence-electron chi connectivity index (χ3n) is 1.97. The lowest BCUT2D eigenvalue weighted by atomic mass is 10.1. The van der Waals surface area contributed by atoms with E-state index in [1.165, 1.54) is 6.07 Å². The summed E-state index contributed by atoms with van der Waals surface area (Å²) in [7, 11) is 0. The maximum Gasteiger partial charge on any atom is 0.416 e. The molecule has 0 saturated heterocycles. The molecule has 0 unspecified atom stereocenters. The van der Waals surface area contributed by atoms with Gasteiger partial charge >= 0.3 is 6.18 Å². The zero-order valence-electron chi connectivity index (χ0n) is 8.23. The van der Waals surface area contributed by atoms with Crippen molar-refractivity contribution in [2.45, 2.75) is 19.7 Å². The summed E-state index contributed by atoms with van der Waals surface area (Å²) in [4.78, 5) is 0. The second-order valence-corrected chi connectivity index (χ2v) is 3.06. The number of alkyl halides is 3.